The number of furan rings is 1. The zero-order valence-electron chi connectivity index (χ0n) is 18.7. The second-order valence-electron chi connectivity index (χ2n) is 7.46. The van der Waals surface area contributed by atoms with Gasteiger partial charge in [0.2, 0.25) is 0 Å². The van der Waals surface area contributed by atoms with Gasteiger partial charge in [-0.25, -0.2) is 4.79 Å². The van der Waals surface area contributed by atoms with Gasteiger partial charge in [0, 0.05) is 11.1 Å². The van der Waals surface area contributed by atoms with Crippen molar-refractivity contribution in [2.24, 2.45) is 0 Å². The summed E-state index contributed by atoms with van der Waals surface area (Å²) in [6, 6.07) is 16.7. The Morgan fingerprint density at radius 1 is 1.24 bits per heavy atom. The van der Waals surface area contributed by atoms with Crippen molar-refractivity contribution in [2.45, 2.75) is 6.61 Å². The second kappa shape index (κ2) is 10.6. The number of nitro groups is 1. The number of ether oxygens (including phenoxy) is 1. The molecule has 4 aromatic rings. The van der Waals surface area contributed by atoms with Crippen LogP contribution in [0.4, 0.5) is 5.69 Å². The summed E-state index contributed by atoms with van der Waals surface area (Å²) in [6.07, 6.45) is 2.71. The van der Waals surface area contributed by atoms with Crippen LogP contribution in [-0.2, 0) is 11.3 Å². The lowest BCUT2D eigenvalue weighted by Gasteiger charge is -2.08. The summed E-state index contributed by atoms with van der Waals surface area (Å²) in [4.78, 5) is 39.9. The van der Waals surface area contributed by atoms with E-state index in [1.165, 1.54) is 24.3 Å². The van der Waals surface area contributed by atoms with E-state index in [4.69, 9.17) is 20.8 Å². The van der Waals surface area contributed by atoms with E-state index < -0.39 is 28.0 Å². The fourth-order valence-electron chi connectivity index (χ4n) is 3.29. The molecule has 12 heteroatoms. The van der Waals surface area contributed by atoms with Crippen molar-refractivity contribution in [1.29, 1.82) is 5.26 Å². The molecule has 0 bridgehead atoms. The Morgan fingerprint density at radius 2 is 2.03 bits per heavy atom. The monoisotopic (exact) mass is 518 g/mol. The lowest BCUT2D eigenvalue weighted by molar-refractivity contribution is -0.387. The highest BCUT2D eigenvalue weighted by Gasteiger charge is 2.21. The van der Waals surface area contributed by atoms with Gasteiger partial charge < -0.3 is 19.2 Å². The van der Waals surface area contributed by atoms with Gasteiger partial charge in [-0.1, -0.05) is 29.8 Å². The number of halogens is 1. The second-order valence-corrected chi connectivity index (χ2v) is 7.86. The summed E-state index contributed by atoms with van der Waals surface area (Å²) in [7, 11) is 0. The van der Waals surface area contributed by atoms with E-state index in [1.54, 1.807) is 42.5 Å². The van der Waals surface area contributed by atoms with Crippen LogP contribution in [0.15, 0.2) is 63.8 Å². The minimum atomic E-state index is -1.10. The Kier molecular flexibility index (Phi) is 7.13. The SMILES string of the molecule is N#Cc1ccccc1COC(=O)c1cc(-c2ccc(/C=C/c3nc(O)c([N+](=O)[O-])c(=O)[nH]3)o2)ccc1Cl. The van der Waals surface area contributed by atoms with Crippen LogP contribution < -0.4 is 5.56 Å². The molecule has 4 rings (SSSR count). The van der Waals surface area contributed by atoms with Crippen molar-refractivity contribution in [3.05, 3.63) is 108 Å². The van der Waals surface area contributed by atoms with Gasteiger partial charge >= 0.3 is 17.2 Å². The molecule has 0 fully saturated rings. The van der Waals surface area contributed by atoms with Crippen molar-refractivity contribution in [2.75, 3.05) is 0 Å². The number of aromatic amines is 1. The number of rotatable bonds is 7. The number of esters is 1. The van der Waals surface area contributed by atoms with Crippen LogP contribution in [0.25, 0.3) is 23.5 Å². The molecule has 2 N–H and O–H groups in total. The largest absolute Gasteiger partial charge is 0.488 e. The minimum Gasteiger partial charge on any atom is -0.488 e. The zero-order chi connectivity index (χ0) is 26.5. The molecule has 0 amide bonds. The summed E-state index contributed by atoms with van der Waals surface area (Å²) >= 11 is 6.20. The normalized spacial score (nSPS) is 10.8. The van der Waals surface area contributed by atoms with Crippen LogP contribution in [0, 0.1) is 21.4 Å². The number of aromatic hydroxyl groups is 1. The third-order valence-corrected chi connectivity index (χ3v) is 5.41. The summed E-state index contributed by atoms with van der Waals surface area (Å²) in [5.41, 5.74) is -0.573. The smallest absolute Gasteiger partial charge is 0.395 e. The molecule has 2 heterocycles. The van der Waals surface area contributed by atoms with Crippen LogP contribution in [0.1, 0.15) is 33.1 Å². The predicted molar refractivity (Wildman–Crippen MR) is 132 cm³/mol. The van der Waals surface area contributed by atoms with Crippen molar-refractivity contribution < 1.29 is 24.0 Å². The van der Waals surface area contributed by atoms with Crippen LogP contribution in [0.2, 0.25) is 5.02 Å². The van der Waals surface area contributed by atoms with Crippen LogP contribution in [-0.4, -0.2) is 26.0 Å². The van der Waals surface area contributed by atoms with Gasteiger partial charge in [0.05, 0.1) is 27.1 Å². The zero-order valence-corrected chi connectivity index (χ0v) is 19.4. The molecule has 0 unspecified atom stereocenters. The molecular weight excluding hydrogens is 504 g/mol. The Labute approximate surface area is 213 Å². The Hall–Kier alpha value is -5.21. The van der Waals surface area contributed by atoms with E-state index in [-0.39, 0.29) is 23.0 Å². The van der Waals surface area contributed by atoms with Gasteiger partial charge in [-0.15, -0.1) is 0 Å². The third-order valence-electron chi connectivity index (χ3n) is 5.08. The number of carbonyl (C=O) groups is 1. The van der Waals surface area contributed by atoms with Crippen LogP contribution in [0.3, 0.4) is 0 Å². The van der Waals surface area contributed by atoms with E-state index in [0.29, 0.717) is 28.2 Å². The number of nitrogens with one attached hydrogen (secondary N) is 1. The highest BCUT2D eigenvalue weighted by molar-refractivity contribution is 6.33. The van der Waals surface area contributed by atoms with Gasteiger partial charge in [-0.3, -0.25) is 14.9 Å². The summed E-state index contributed by atoms with van der Waals surface area (Å²) in [5, 5.41) is 29.8. The number of benzene rings is 2. The molecule has 0 atom stereocenters. The molecule has 0 aliphatic heterocycles. The highest BCUT2D eigenvalue weighted by Crippen LogP contribution is 2.28. The molecule has 0 radical (unpaired) electrons. The number of nitrogens with zero attached hydrogens (tertiary/aromatic N) is 3. The molecule has 0 aliphatic rings. The van der Waals surface area contributed by atoms with Crippen molar-refractivity contribution in [3.63, 3.8) is 0 Å². The number of aromatic nitrogens is 2. The first-order valence-corrected chi connectivity index (χ1v) is 10.8. The van der Waals surface area contributed by atoms with Gasteiger partial charge in [-0.05, 0) is 48.6 Å². The fourth-order valence-corrected chi connectivity index (χ4v) is 3.48. The maximum Gasteiger partial charge on any atom is 0.395 e. The lowest BCUT2D eigenvalue weighted by Crippen LogP contribution is -2.14. The first-order chi connectivity index (χ1) is 17.8. The highest BCUT2D eigenvalue weighted by atomic mass is 35.5. The topological polar surface area (TPSA) is 172 Å². The predicted octanol–water partition coefficient (Wildman–Crippen LogP) is 4.70. The van der Waals surface area contributed by atoms with E-state index in [9.17, 15) is 30.1 Å². The average Bonchev–Trinajstić information content (AvgIpc) is 3.35. The quantitative estimate of drug-likeness (QED) is 0.200. The minimum absolute atomic E-state index is 0.102. The van der Waals surface area contributed by atoms with Crippen molar-refractivity contribution in [3.8, 4) is 23.3 Å². The standard InChI is InChI=1S/C25H15ClN4O7/c26-19-8-5-14(11-18(19)25(33)36-13-16-4-2-1-3-15(16)12-27)20-9-6-17(37-20)7-10-21-28-23(31)22(30(34)35)24(32)29-21/h1-11H,13H2,(H2,28,29,31,32)/b10-7+. The number of H-pyrrole nitrogens is 1. The van der Waals surface area contributed by atoms with E-state index in [1.807, 2.05) is 6.07 Å². The number of hydrogen-bond donors (Lipinski definition) is 2. The molecule has 184 valence electrons. The van der Waals surface area contributed by atoms with Crippen LogP contribution >= 0.6 is 11.6 Å². The Bertz CT molecular complexity index is 1650. The van der Waals surface area contributed by atoms with E-state index in [0.717, 1.165) is 0 Å². The molecule has 2 aromatic heterocycles. The molecule has 2 aromatic carbocycles. The molecule has 0 spiro atoms. The molecule has 0 saturated heterocycles. The Balaban J connectivity index is 1.51. The Morgan fingerprint density at radius 3 is 2.76 bits per heavy atom. The molecular formula is C25H15ClN4O7. The van der Waals surface area contributed by atoms with Crippen LogP contribution in [0.5, 0.6) is 5.88 Å². The number of hydrogen-bond acceptors (Lipinski definition) is 9. The van der Waals surface area contributed by atoms with E-state index >= 15 is 0 Å². The van der Waals surface area contributed by atoms with Crippen molar-refractivity contribution >= 4 is 35.4 Å². The van der Waals surface area contributed by atoms with Gasteiger partial charge in [0.1, 0.15) is 24.0 Å². The molecule has 11 nitrogen and oxygen atoms in total. The third kappa shape index (κ3) is 5.55. The number of carbonyl (C=O) groups excluding carboxylic acids is 1. The van der Waals surface area contributed by atoms with Gasteiger partial charge in [0.15, 0.2) is 0 Å². The molecule has 37 heavy (non-hydrogen) atoms. The summed E-state index contributed by atoms with van der Waals surface area (Å²) in [6.45, 7) is -0.104. The maximum absolute atomic E-state index is 12.7. The summed E-state index contributed by atoms with van der Waals surface area (Å²) < 4.78 is 11.1. The maximum atomic E-state index is 12.7. The first-order valence-electron chi connectivity index (χ1n) is 10.5. The van der Waals surface area contributed by atoms with Gasteiger partial charge in [0.25, 0.3) is 5.88 Å². The van der Waals surface area contributed by atoms with E-state index in [2.05, 4.69) is 9.97 Å². The average molecular weight is 519 g/mol. The molecule has 0 saturated carbocycles. The van der Waals surface area contributed by atoms with Gasteiger partial charge in [-0.2, -0.15) is 10.2 Å². The van der Waals surface area contributed by atoms with Crippen molar-refractivity contribution in [1.82, 2.24) is 9.97 Å². The molecule has 0 aliphatic carbocycles. The first kappa shape index (κ1) is 24.9. The lowest BCUT2D eigenvalue weighted by atomic mass is 10.1. The fraction of sp³-hybridized carbons (Fsp3) is 0.0400. The summed E-state index contributed by atoms with van der Waals surface area (Å²) in [5.74, 6) is -1.11. The number of nitriles is 1.